The molecule has 3 N–H and O–H groups in total. The van der Waals surface area contributed by atoms with Crippen LogP contribution in [0.2, 0.25) is 5.02 Å². The van der Waals surface area contributed by atoms with E-state index in [4.69, 9.17) is 11.6 Å². The molecule has 0 fully saturated rings. The molecule has 0 aliphatic rings. The monoisotopic (exact) mass is 355 g/mol. The number of rotatable bonds is 6. The molecule has 0 bridgehead atoms. The first-order chi connectivity index (χ1) is 10.9. The number of pyridine rings is 1. The molecule has 0 saturated carbocycles. The van der Waals surface area contributed by atoms with Gasteiger partial charge in [-0.3, -0.25) is 4.79 Å². The summed E-state index contributed by atoms with van der Waals surface area (Å²) in [5.74, 6) is -0.622. The van der Waals surface area contributed by atoms with Crippen LogP contribution in [0.1, 0.15) is 6.42 Å². The molecule has 1 aromatic carbocycles. The molecule has 9 heteroatoms. The lowest BCUT2D eigenvalue weighted by Crippen LogP contribution is -2.28. The highest BCUT2D eigenvalue weighted by Crippen LogP contribution is 2.18. The van der Waals surface area contributed by atoms with Crippen LogP contribution in [0, 0.1) is 0 Å². The van der Waals surface area contributed by atoms with Crippen LogP contribution in [-0.4, -0.2) is 31.0 Å². The maximum atomic E-state index is 12.0. The molecule has 1 aromatic heterocycles. The molecule has 0 aliphatic heterocycles. The van der Waals surface area contributed by atoms with Crippen LogP contribution in [0.15, 0.2) is 47.5 Å². The predicted molar refractivity (Wildman–Crippen MR) is 85.8 cm³/mol. The summed E-state index contributed by atoms with van der Waals surface area (Å²) >= 11 is 5.75. The number of anilines is 1. The minimum Gasteiger partial charge on any atom is -0.504 e. The molecule has 23 heavy (non-hydrogen) atoms. The number of aromatic hydroxyl groups is 1. The van der Waals surface area contributed by atoms with E-state index in [2.05, 4.69) is 15.0 Å². The Labute approximate surface area is 138 Å². The molecule has 0 atom stereocenters. The second-order valence-corrected chi connectivity index (χ2v) is 6.73. The third-order valence-electron chi connectivity index (χ3n) is 2.79. The lowest BCUT2D eigenvalue weighted by molar-refractivity contribution is -0.116. The summed E-state index contributed by atoms with van der Waals surface area (Å²) in [5.41, 5.74) is 0. The molecule has 2 rings (SSSR count). The second kappa shape index (κ2) is 7.40. The highest BCUT2D eigenvalue weighted by Gasteiger charge is 2.15. The van der Waals surface area contributed by atoms with Gasteiger partial charge in [0, 0.05) is 24.2 Å². The lowest BCUT2D eigenvalue weighted by atomic mass is 10.4. The summed E-state index contributed by atoms with van der Waals surface area (Å²) in [7, 11) is -3.74. The van der Waals surface area contributed by atoms with Crippen LogP contribution in [0.4, 0.5) is 5.82 Å². The van der Waals surface area contributed by atoms with Crippen LogP contribution in [-0.2, 0) is 14.8 Å². The van der Waals surface area contributed by atoms with Gasteiger partial charge in [-0.1, -0.05) is 17.7 Å². The van der Waals surface area contributed by atoms with E-state index < -0.39 is 15.9 Å². The number of hydrogen-bond acceptors (Lipinski definition) is 5. The van der Waals surface area contributed by atoms with Crippen molar-refractivity contribution in [3.63, 3.8) is 0 Å². The zero-order chi connectivity index (χ0) is 16.9. The standard InChI is InChI=1S/C14H14ClN3O4S/c15-10-3-1-4-11(9-10)23(21,22)17-8-6-13(20)18-14-12(19)5-2-7-16-14/h1-5,7,9,17,19H,6,8H2,(H,16,18,20). The van der Waals surface area contributed by atoms with Gasteiger partial charge in [0.05, 0.1) is 4.90 Å². The molecule has 7 nitrogen and oxygen atoms in total. The van der Waals surface area contributed by atoms with E-state index in [1.165, 1.54) is 36.5 Å². The molecule has 0 unspecified atom stereocenters. The maximum Gasteiger partial charge on any atom is 0.240 e. The van der Waals surface area contributed by atoms with E-state index in [0.717, 1.165) is 0 Å². The highest BCUT2D eigenvalue weighted by molar-refractivity contribution is 7.89. The normalized spacial score (nSPS) is 11.2. The molecular weight excluding hydrogens is 342 g/mol. The molecule has 2 aromatic rings. The Balaban J connectivity index is 1.89. The molecule has 1 heterocycles. The summed E-state index contributed by atoms with van der Waals surface area (Å²) in [6, 6.07) is 8.70. The largest absolute Gasteiger partial charge is 0.504 e. The summed E-state index contributed by atoms with van der Waals surface area (Å²) < 4.78 is 26.4. The molecule has 0 aliphatic carbocycles. The first-order valence-corrected chi connectivity index (χ1v) is 8.44. The highest BCUT2D eigenvalue weighted by atomic mass is 35.5. The van der Waals surface area contributed by atoms with E-state index in [1.807, 2.05) is 0 Å². The minimum absolute atomic E-state index is 0.0211. The molecule has 122 valence electrons. The number of aromatic nitrogens is 1. The number of nitrogens with zero attached hydrogens (tertiary/aromatic N) is 1. The fourth-order valence-corrected chi connectivity index (χ4v) is 3.04. The van der Waals surface area contributed by atoms with E-state index in [0.29, 0.717) is 5.02 Å². The number of sulfonamides is 1. The van der Waals surface area contributed by atoms with Crippen molar-refractivity contribution in [2.24, 2.45) is 0 Å². The number of carbonyl (C=O) groups excluding carboxylic acids is 1. The fourth-order valence-electron chi connectivity index (χ4n) is 1.70. The minimum atomic E-state index is -3.74. The molecule has 1 amide bonds. The fraction of sp³-hybridized carbons (Fsp3) is 0.143. The van der Waals surface area contributed by atoms with Crippen molar-refractivity contribution in [3.8, 4) is 5.75 Å². The van der Waals surface area contributed by atoms with Crippen LogP contribution in [0.3, 0.4) is 0 Å². The van der Waals surface area contributed by atoms with Gasteiger partial charge in [-0.2, -0.15) is 0 Å². The number of halogens is 1. The van der Waals surface area contributed by atoms with Crippen LogP contribution in [0.25, 0.3) is 0 Å². The van der Waals surface area contributed by atoms with Crippen LogP contribution >= 0.6 is 11.6 Å². The zero-order valence-electron chi connectivity index (χ0n) is 11.9. The van der Waals surface area contributed by atoms with E-state index in [9.17, 15) is 18.3 Å². The van der Waals surface area contributed by atoms with Crippen LogP contribution < -0.4 is 10.0 Å². The Morgan fingerprint density at radius 2 is 2.04 bits per heavy atom. The van der Waals surface area contributed by atoms with E-state index in [-0.39, 0.29) is 29.4 Å². The van der Waals surface area contributed by atoms with Gasteiger partial charge in [0.15, 0.2) is 11.6 Å². The smallest absolute Gasteiger partial charge is 0.240 e. The lowest BCUT2D eigenvalue weighted by Gasteiger charge is -2.08. The topological polar surface area (TPSA) is 108 Å². The van der Waals surface area contributed by atoms with Crippen molar-refractivity contribution in [2.45, 2.75) is 11.3 Å². The summed E-state index contributed by atoms with van der Waals surface area (Å²) in [5, 5.41) is 12.2. The van der Waals surface area contributed by atoms with Gasteiger partial charge in [0.25, 0.3) is 0 Å². The Hall–Kier alpha value is -2.16. The number of nitrogens with one attached hydrogen (secondary N) is 2. The van der Waals surface area contributed by atoms with Gasteiger partial charge in [-0.15, -0.1) is 0 Å². The maximum absolute atomic E-state index is 12.0. The summed E-state index contributed by atoms with van der Waals surface area (Å²) in [6.07, 6.45) is 1.30. The predicted octanol–water partition coefficient (Wildman–Crippen LogP) is 1.75. The zero-order valence-corrected chi connectivity index (χ0v) is 13.4. The third kappa shape index (κ3) is 4.92. The number of benzene rings is 1. The van der Waals surface area contributed by atoms with Crippen LogP contribution in [0.5, 0.6) is 5.75 Å². The van der Waals surface area contributed by atoms with Gasteiger partial charge in [0.1, 0.15) is 0 Å². The van der Waals surface area contributed by atoms with Crippen molar-refractivity contribution in [1.82, 2.24) is 9.71 Å². The van der Waals surface area contributed by atoms with E-state index in [1.54, 1.807) is 6.07 Å². The number of amides is 1. The van der Waals surface area contributed by atoms with Gasteiger partial charge in [0.2, 0.25) is 15.9 Å². The Morgan fingerprint density at radius 3 is 2.74 bits per heavy atom. The molecule has 0 radical (unpaired) electrons. The van der Waals surface area contributed by atoms with Crippen molar-refractivity contribution in [3.05, 3.63) is 47.6 Å². The Bertz CT molecular complexity index is 811. The molecular formula is C14H14ClN3O4S. The SMILES string of the molecule is O=C(CCNS(=O)(=O)c1cccc(Cl)c1)Nc1ncccc1O. The molecule has 0 spiro atoms. The van der Waals surface area contributed by atoms with Crippen molar-refractivity contribution in [2.75, 3.05) is 11.9 Å². The summed E-state index contributed by atoms with van der Waals surface area (Å²) in [6.45, 7) is -0.103. The first-order valence-electron chi connectivity index (χ1n) is 6.57. The second-order valence-electron chi connectivity index (χ2n) is 4.52. The van der Waals surface area contributed by atoms with E-state index >= 15 is 0 Å². The van der Waals surface area contributed by atoms with Gasteiger partial charge in [-0.25, -0.2) is 18.1 Å². The number of hydrogen-bond donors (Lipinski definition) is 3. The molecule has 0 saturated heterocycles. The Morgan fingerprint density at radius 1 is 1.26 bits per heavy atom. The van der Waals surface area contributed by atoms with Crippen molar-refractivity contribution < 1.29 is 18.3 Å². The first kappa shape index (κ1) is 17.2. The third-order valence-corrected chi connectivity index (χ3v) is 4.49. The Kier molecular flexibility index (Phi) is 5.54. The summed E-state index contributed by atoms with van der Waals surface area (Å²) in [4.78, 5) is 15.5. The average molecular weight is 356 g/mol. The van der Waals surface area contributed by atoms with Crippen molar-refractivity contribution in [1.29, 1.82) is 0 Å². The quantitative estimate of drug-likeness (QED) is 0.731. The van der Waals surface area contributed by atoms with Crippen molar-refractivity contribution >= 4 is 33.3 Å². The van der Waals surface area contributed by atoms with Gasteiger partial charge >= 0.3 is 0 Å². The average Bonchev–Trinajstić information content (AvgIpc) is 2.49. The van der Waals surface area contributed by atoms with Gasteiger partial charge < -0.3 is 10.4 Å². The number of carbonyl (C=O) groups is 1. The van der Waals surface area contributed by atoms with Gasteiger partial charge in [-0.05, 0) is 30.3 Å².